The lowest BCUT2D eigenvalue weighted by molar-refractivity contribution is -0.122. The molecule has 1 aromatic rings. The second-order valence-corrected chi connectivity index (χ2v) is 4.96. The third-order valence-corrected chi connectivity index (χ3v) is 3.32. The SMILES string of the molecule is CC[C@H](C)NC(=O)NC(=O)COc1cccc(Cl)c1Cl. The van der Waals surface area contributed by atoms with Crippen LogP contribution in [0, 0.1) is 0 Å². The summed E-state index contributed by atoms with van der Waals surface area (Å²) >= 11 is 11.7. The highest BCUT2D eigenvalue weighted by Gasteiger charge is 2.12. The molecule has 0 fully saturated rings. The Balaban J connectivity index is 2.44. The zero-order valence-corrected chi connectivity index (χ0v) is 12.7. The number of hydrogen-bond donors (Lipinski definition) is 2. The van der Waals surface area contributed by atoms with Crippen LogP contribution in [-0.2, 0) is 4.79 Å². The van der Waals surface area contributed by atoms with Gasteiger partial charge < -0.3 is 10.1 Å². The smallest absolute Gasteiger partial charge is 0.321 e. The number of nitrogens with one attached hydrogen (secondary N) is 2. The number of ether oxygens (including phenoxy) is 1. The third kappa shape index (κ3) is 5.27. The zero-order valence-electron chi connectivity index (χ0n) is 11.2. The number of amides is 3. The fraction of sp³-hybridized carbons (Fsp3) is 0.385. The Hall–Kier alpha value is -1.46. The highest BCUT2D eigenvalue weighted by Crippen LogP contribution is 2.31. The van der Waals surface area contributed by atoms with Gasteiger partial charge in [0.15, 0.2) is 6.61 Å². The van der Waals surface area contributed by atoms with Crippen LogP contribution in [0.3, 0.4) is 0 Å². The zero-order chi connectivity index (χ0) is 15.1. The average Bonchev–Trinajstić information content (AvgIpc) is 2.40. The molecule has 7 heteroatoms. The lowest BCUT2D eigenvalue weighted by atomic mass is 10.3. The van der Waals surface area contributed by atoms with Gasteiger partial charge in [-0.25, -0.2) is 4.79 Å². The maximum Gasteiger partial charge on any atom is 0.321 e. The molecule has 0 spiro atoms. The molecular formula is C13H16Cl2N2O3. The minimum Gasteiger partial charge on any atom is -0.482 e. The Morgan fingerprint density at radius 1 is 1.35 bits per heavy atom. The Kier molecular flexibility index (Phi) is 6.61. The summed E-state index contributed by atoms with van der Waals surface area (Å²) in [5.74, 6) is -0.279. The van der Waals surface area contributed by atoms with Gasteiger partial charge in [-0.15, -0.1) is 0 Å². The van der Waals surface area contributed by atoms with Crippen LogP contribution in [0.2, 0.25) is 10.0 Å². The summed E-state index contributed by atoms with van der Waals surface area (Å²) < 4.78 is 5.20. The monoisotopic (exact) mass is 318 g/mol. The van der Waals surface area contributed by atoms with E-state index in [2.05, 4.69) is 10.6 Å². The predicted octanol–water partition coefficient (Wildman–Crippen LogP) is 3.00. The van der Waals surface area contributed by atoms with Crippen molar-refractivity contribution >= 4 is 35.1 Å². The molecule has 0 radical (unpaired) electrons. The van der Waals surface area contributed by atoms with Crippen LogP contribution in [0.1, 0.15) is 20.3 Å². The molecule has 0 aliphatic carbocycles. The summed E-state index contributed by atoms with van der Waals surface area (Å²) in [4.78, 5) is 22.9. The van der Waals surface area contributed by atoms with Crippen molar-refractivity contribution < 1.29 is 14.3 Å². The molecule has 0 unspecified atom stereocenters. The van der Waals surface area contributed by atoms with Gasteiger partial charge in [0.25, 0.3) is 5.91 Å². The van der Waals surface area contributed by atoms with E-state index in [1.165, 1.54) is 0 Å². The predicted molar refractivity (Wildman–Crippen MR) is 78.4 cm³/mol. The van der Waals surface area contributed by atoms with Crippen molar-refractivity contribution in [1.82, 2.24) is 10.6 Å². The first-order valence-electron chi connectivity index (χ1n) is 6.11. The van der Waals surface area contributed by atoms with Gasteiger partial charge >= 0.3 is 6.03 Å². The normalized spacial score (nSPS) is 11.6. The lowest BCUT2D eigenvalue weighted by Crippen LogP contribution is -2.44. The second-order valence-electron chi connectivity index (χ2n) is 4.17. The molecular weight excluding hydrogens is 303 g/mol. The van der Waals surface area contributed by atoms with E-state index in [9.17, 15) is 9.59 Å². The van der Waals surface area contributed by atoms with Crippen molar-refractivity contribution in [1.29, 1.82) is 0 Å². The standard InChI is InChI=1S/C13H16Cl2N2O3/c1-3-8(2)16-13(19)17-11(18)7-20-10-6-4-5-9(14)12(10)15/h4-6,8H,3,7H2,1-2H3,(H2,16,17,18,19)/t8-/m0/s1. The maximum absolute atomic E-state index is 11.5. The van der Waals surface area contributed by atoms with Crippen molar-refractivity contribution in [2.75, 3.05) is 6.61 Å². The Morgan fingerprint density at radius 3 is 2.70 bits per heavy atom. The van der Waals surface area contributed by atoms with Crippen molar-refractivity contribution in [3.63, 3.8) is 0 Å². The van der Waals surface area contributed by atoms with Gasteiger partial charge in [0, 0.05) is 6.04 Å². The van der Waals surface area contributed by atoms with E-state index < -0.39 is 11.9 Å². The van der Waals surface area contributed by atoms with Crippen molar-refractivity contribution in [2.24, 2.45) is 0 Å². The first kappa shape index (κ1) is 16.6. The molecule has 0 saturated carbocycles. The molecule has 0 aliphatic rings. The van der Waals surface area contributed by atoms with E-state index in [0.29, 0.717) is 5.02 Å². The van der Waals surface area contributed by atoms with Crippen LogP contribution < -0.4 is 15.4 Å². The van der Waals surface area contributed by atoms with Crippen LogP contribution in [0.25, 0.3) is 0 Å². The summed E-state index contributed by atoms with van der Waals surface area (Å²) in [6.45, 7) is 3.44. The van der Waals surface area contributed by atoms with Crippen molar-refractivity contribution in [3.05, 3.63) is 28.2 Å². The molecule has 0 saturated heterocycles. The Labute approximate surface area is 127 Å². The number of carbonyl (C=O) groups is 2. The molecule has 1 aromatic carbocycles. The molecule has 0 aliphatic heterocycles. The van der Waals surface area contributed by atoms with Crippen LogP contribution in [0.15, 0.2) is 18.2 Å². The highest BCUT2D eigenvalue weighted by molar-refractivity contribution is 6.42. The number of urea groups is 1. The van der Waals surface area contributed by atoms with Crippen molar-refractivity contribution in [3.8, 4) is 5.75 Å². The molecule has 1 atom stereocenters. The largest absolute Gasteiger partial charge is 0.482 e. The quantitative estimate of drug-likeness (QED) is 0.877. The van der Waals surface area contributed by atoms with Gasteiger partial charge in [0.05, 0.1) is 5.02 Å². The molecule has 3 amide bonds. The third-order valence-electron chi connectivity index (χ3n) is 2.52. The summed E-state index contributed by atoms with van der Waals surface area (Å²) in [7, 11) is 0. The topological polar surface area (TPSA) is 67.4 Å². The van der Waals surface area contributed by atoms with Gasteiger partial charge in [-0.2, -0.15) is 0 Å². The van der Waals surface area contributed by atoms with Crippen LogP contribution in [0.5, 0.6) is 5.75 Å². The Bertz CT molecular complexity index is 495. The van der Waals surface area contributed by atoms with Crippen LogP contribution >= 0.6 is 23.2 Å². The van der Waals surface area contributed by atoms with E-state index in [-0.39, 0.29) is 23.4 Å². The molecule has 110 valence electrons. The summed E-state index contributed by atoms with van der Waals surface area (Å²) in [5, 5.41) is 5.33. The maximum atomic E-state index is 11.5. The molecule has 1 rings (SSSR count). The van der Waals surface area contributed by atoms with Gasteiger partial charge in [-0.3, -0.25) is 10.1 Å². The summed E-state index contributed by atoms with van der Waals surface area (Å²) in [5.41, 5.74) is 0. The van der Waals surface area contributed by atoms with Gasteiger partial charge in [-0.05, 0) is 25.5 Å². The van der Waals surface area contributed by atoms with Crippen LogP contribution in [-0.4, -0.2) is 24.6 Å². The number of hydrogen-bond acceptors (Lipinski definition) is 3. The van der Waals surface area contributed by atoms with E-state index in [0.717, 1.165) is 6.42 Å². The number of rotatable bonds is 5. The summed E-state index contributed by atoms with van der Waals surface area (Å²) in [6, 6.07) is 4.28. The van der Waals surface area contributed by atoms with Crippen LogP contribution in [0.4, 0.5) is 4.79 Å². The molecule has 0 bridgehead atoms. The van der Waals surface area contributed by atoms with Crippen molar-refractivity contribution in [2.45, 2.75) is 26.3 Å². The minimum atomic E-state index is -0.568. The fourth-order valence-electron chi connectivity index (χ4n) is 1.26. The molecule has 5 nitrogen and oxygen atoms in total. The number of benzene rings is 1. The first-order chi connectivity index (χ1) is 9.43. The lowest BCUT2D eigenvalue weighted by Gasteiger charge is -2.12. The Morgan fingerprint density at radius 2 is 2.05 bits per heavy atom. The van der Waals surface area contributed by atoms with E-state index in [1.54, 1.807) is 18.2 Å². The van der Waals surface area contributed by atoms with E-state index in [1.807, 2.05) is 13.8 Å². The van der Waals surface area contributed by atoms with E-state index in [4.69, 9.17) is 27.9 Å². The van der Waals surface area contributed by atoms with Gasteiger partial charge in [0.1, 0.15) is 10.8 Å². The van der Waals surface area contributed by atoms with E-state index >= 15 is 0 Å². The number of imide groups is 1. The van der Waals surface area contributed by atoms with Gasteiger partial charge in [-0.1, -0.05) is 36.2 Å². The minimum absolute atomic E-state index is 0.00825. The number of carbonyl (C=O) groups excluding carboxylic acids is 2. The second kappa shape index (κ2) is 7.97. The molecule has 0 aromatic heterocycles. The summed E-state index contributed by atoms with van der Waals surface area (Å²) in [6.07, 6.45) is 0.774. The molecule has 2 N–H and O–H groups in total. The first-order valence-corrected chi connectivity index (χ1v) is 6.86. The molecule has 0 heterocycles. The van der Waals surface area contributed by atoms with Gasteiger partial charge in [0.2, 0.25) is 0 Å². The average molecular weight is 319 g/mol. The molecule has 20 heavy (non-hydrogen) atoms. The fourth-order valence-corrected chi connectivity index (χ4v) is 1.61. The number of halogens is 2. The highest BCUT2D eigenvalue weighted by atomic mass is 35.5.